The standard InChI is InChI=1S/C8H18OS2/c1-6(2)11-5-8(9)7(3)4-10/h6-10H,4-5H2,1-3H3. The van der Waals surface area contributed by atoms with E-state index in [1.165, 1.54) is 0 Å². The first-order chi connectivity index (χ1) is 5.07. The maximum atomic E-state index is 9.50. The second-order valence-electron chi connectivity index (χ2n) is 3.11. The van der Waals surface area contributed by atoms with Crippen LogP contribution in [0.3, 0.4) is 0 Å². The summed E-state index contributed by atoms with van der Waals surface area (Å²) in [5.74, 6) is 1.91. The minimum Gasteiger partial charge on any atom is -0.392 e. The fraction of sp³-hybridized carbons (Fsp3) is 1.00. The molecule has 0 fully saturated rings. The summed E-state index contributed by atoms with van der Waals surface area (Å²) in [5, 5.41) is 10.1. The van der Waals surface area contributed by atoms with Gasteiger partial charge in [-0.1, -0.05) is 20.8 Å². The molecule has 0 radical (unpaired) electrons. The van der Waals surface area contributed by atoms with E-state index < -0.39 is 0 Å². The zero-order valence-corrected chi connectivity index (χ0v) is 9.16. The Morgan fingerprint density at radius 1 is 1.36 bits per heavy atom. The molecule has 0 saturated heterocycles. The summed E-state index contributed by atoms with van der Waals surface area (Å²) in [6.07, 6.45) is -0.195. The molecular weight excluding hydrogens is 176 g/mol. The van der Waals surface area contributed by atoms with Crippen LogP contribution in [0.2, 0.25) is 0 Å². The molecule has 0 aromatic heterocycles. The molecule has 0 aromatic rings. The summed E-state index contributed by atoms with van der Waals surface area (Å²) in [6.45, 7) is 6.31. The van der Waals surface area contributed by atoms with Crippen molar-refractivity contribution in [2.45, 2.75) is 32.1 Å². The predicted octanol–water partition coefficient (Wildman–Crippen LogP) is 2.05. The van der Waals surface area contributed by atoms with E-state index in [4.69, 9.17) is 0 Å². The molecule has 0 aliphatic carbocycles. The van der Waals surface area contributed by atoms with E-state index in [2.05, 4.69) is 26.5 Å². The molecule has 0 rings (SSSR count). The number of aliphatic hydroxyl groups excluding tert-OH is 1. The largest absolute Gasteiger partial charge is 0.392 e. The van der Waals surface area contributed by atoms with Gasteiger partial charge in [0.2, 0.25) is 0 Å². The van der Waals surface area contributed by atoms with Gasteiger partial charge in [0.15, 0.2) is 0 Å². The average Bonchev–Trinajstić information content (AvgIpc) is 1.98. The lowest BCUT2D eigenvalue weighted by molar-refractivity contribution is 0.151. The molecule has 0 spiro atoms. The summed E-state index contributed by atoms with van der Waals surface area (Å²) in [7, 11) is 0. The number of thiol groups is 1. The third-order valence-corrected chi connectivity index (χ3v) is 3.32. The molecule has 2 unspecified atom stereocenters. The van der Waals surface area contributed by atoms with Gasteiger partial charge in [-0.15, -0.1) is 0 Å². The summed E-state index contributed by atoms with van der Waals surface area (Å²) >= 11 is 5.93. The van der Waals surface area contributed by atoms with E-state index in [1.807, 2.05) is 6.92 Å². The Bertz CT molecular complexity index is 96.1. The lowest BCUT2D eigenvalue weighted by atomic mass is 10.1. The molecule has 11 heavy (non-hydrogen) atoms. The van der Waals surface area contributed by atoms with Crippen molar-refractivity contribution < 1.29 is 5.11 Å². The van der Waals surface area contributed by atoms with Gasteiger partial charge >= 0.3 is 0 Å². The Labute approximate surface area is 79.4 Å². The van der Waals surface area contributed by atoms with Gasteiger partial charge in [-0.3, -0.25) is 0 Å². The summed E-state index contributed by atoms with van der Waals surface area (Å²) in [4.78, 5) is 0. The lowest BCUT2D eigenvalue weighted by Crippen LogP contribution is -2.22. The van der Waals surface area contributed by atoms with Crippen molar-refractivity contribution in [3.8, 4) is 0 Å². The molecule has 1 nitrogen and oxygen atoms in total. The Balaban J connectivity index is 3.43. The van der Waals surface area contributed by atoms with E-state index in [1.54, 1.807) is 11.8 Å². The maximum Gasteiger partial charge on any atom is 0.0663 e. The van der Waals surface area contributed by atoms with Crippen molar-refractivity contribution in [2.75, 3.05) is 11.5 Å². The van der Waals surface area contributed by atoms with Crippen molar-refractivity contribution in [3.63, 3.8) is 0 Å². The topological polar surface area (TPSA) is 20.2 Å². The van der Waals surface area contributed by atoms with E-state index in [0.717, 1.165) is 11.5 Å². The molecule has 0 heterocycles. The molecule has 2 atom stereocenters. The van der Waals surface area contributed by atoms with Crippen LogP contribution < -0.4 is 0 Å². The van der Waals surface area contributed by atoms with Crippen LogP contribution in [-0.4, -0.2) is 28.0 Å². The summed E-state index contributed by atoms with van der Waals surface area (Å²) in [6, 6.07) is 0. The molecule has 1 N–H and O–H groups in total. The smallest absolute Gasteiger partial charge is 0.0663 e. The van der Waals surface area contributed by atoms with Gasteiger partial charge < -0.3 is 5.11 Å². The van der Waals surface area contributed by atoms with Crippen LogP contribution in [0, 0.1) is 5.92 Å². The van der Waals surface area contributed by atoms with Gasteiger partial charge in [0.1, 0.15) is 0 Å². The molecular formula is C8H18OS2. The van der Waals surface area contributed by atoms with Crippen molar-refractivity contribution in [1.82, 2.24) is 0 Å². The van der Waals surface area contributed by atoms with E-state index in [9.17, 15) is 5.11 Å². The minimum absolute atomic E-state index is 0.195. The highest BCUT2D eigenvalue weighted by atomic mass is 32.2. The minimum atomic E-state index is -0.195. The van der Waals surface area contributed by atoms with Crippen LogP contribution in [0.4, 0.5) is 0 Å². The number of hydrogen-bond acceptors (Lipinski definition) is 3. The Morgan fingerprint density at radius 2 is 1.91 bits per heavy atom. The van der Waals surface area contributed by atoms with Gasteiger partial charge in [0, 0.05) is 5.75 Å². The Hall–Kier alpha value is 0.660. The lowest BCUT2D eigenvalue weighted by Gasteiger charge is -2.17. The van der Waals surface area contributed by atoms with Crippen LogP contribution in [0.25, 0.3) is 0 Å². The predicted molar refractivity (Wildman–Crippen MR) is 56.6 cm³/mol. The molecule has 0 bridgehead atoms. The number of aliphatic hydroxyl groups is 1. The number of thioether (sulfide) groups is 1. The number of rotatable bonds is 5. The van der Waals surface area contributed by atoms with Crippen LogP contribution in [-0.2, 0) is 0 Å². The average molecular weight is 194 g/mol. The molecule has 0 amide bonds. The zero-order valence-electron chi connectivity index (χ0n) is 7.45. The fourth-order valence-corrected chi connectivity index (χ4v) is 1.73. The van der Waals surface area contributed by atoms with Crippen molar-refractivity contribution in [2.24, 2.45) is 5.92 Å². The maximum absolute atomic E-state index is 9.50. The van der Waals surface area contributed by atoms with Gasteiger partial charge in [0.25, 0.3) is 0 Å². The summed E-state index contributed by atoms with van der Waals surface area (Å²) in [5.41, 5.74) is 0. The van der Waals surface area contributed by atoms with E-state index >= 15 is 0 Å². The Morgan fingerprint density at radius 3 is 2.27 bits per heavy atom. The molecule has 68 valence electrons. The number of hydrogen-bond donors (Lipinski definition) is 2. The van der Waals surface area contributed by atoms with Gasteiger partial charge in [-0.05, 0) is 16.9 Å². The molecule has 0 saturated carbocycles. The van der Waals surface area contributed by atoms with Crippen LogP contribution in [0.5, 0.6) is 0 Å². The fourth-order valence-electron chi connectivity index (χ4n) is 0.577. The van der Waals surface area contributed by atoms with Gasteiger partial charge in [0.05, 0.1) is 6.10 Å². The normalized spacial score (nSPS) is 16.9. The van der Waals surface area contributed by atoms with Crippen molar-refractivity contribution in [3.05, 3.63) is 0 Å². The molecule has 0 aromatic carbocycles. The van der Waals surface area contributed by atoms with Crippen LogP contribution in [0.1, 0.15) is 20.8 Å². The van der Waals surface area contributed by atoms with E-state index in [-0.39, 0.29) is 6.10 Å². The highest BCUT2D eigenvalue weighted by Gasteiger charge is 2.12. The third-order valence-electron chi connectivity index (χ3n) is 1.55. The van der Waals surface area contributed by atoms with Crippen molar-refractivity contribution >= 4 is 24.4 Å². The third kappa shape index (κ3) is 5.88. The SMILES string of the molecule is CC(C)SCC(O)C(C)CS. The van der Waals surface area contributed by atoms with Crippen LogP contribution >= 0.6 is 24.4 Å². The first kappa shape index (κ1) is 11.7. The van der Waals surface area contributed by atoms with Gasteiger partial charge in [-0.2, -0.15) is 24.4 Å². The Kier molecular flexibility index (Phi) is 6.58. The first-order valence-corrected chi connectivity index (χ1v) is 5.66. The molecule has 0 aliphatic rings. The molecule has 0 aliphatic heterocycles. The second kappa shape index (κ2) is 6.21. The first-order valence-electron chi connectivity index (χ1n) is 3.98. The highest BCUT2D eigenvalue weighted by Crippen LogP contribution is 2.15. The second-order valence-corrected chi connectivity index (χ2v) is 5.08. The quantitative estimate of drug-likeness (QED) is 0.653. The monoisotopic (exact) mass is 194 g/mol. The van der Waals surface area contributed by atoms with Gasteiger partial charge in [-0.25, -0.2) is 0 Å². The highest BCUT2D eigenvalue weighted by molar-refractivity contribution is 7.99. The summed E-state index contributed by atoms with van der Waals surface area (Å²) < 4.78 is 0. The van der Waals surface area contributed by atoms with Crippen LogP contribution in [0.15, 0.2) is 0 Å². The van der Waals surface area contributed by atoms with Crippen molar-refractivity contribution in [1.29, 1.82) is 0 Å². The molecule has 3 heteroatoms. The van der Waals surface area contributed by atoms with E-state index in [0.29, 0.717) is 11.2 Å². The zero-order chi connectivity index (χ0) is 8.85.